The van der Waals surface area contributed by atoms with Crippen molar-refractivity contribution in [3.05, 3.63) is 0 Å². The standard InChI is InChI=1S/C18H30N2O5.C2H2O4/c21-17(15-2-7-23-12-15)20-6-10-24-14-18(13-20)3-1-16(25-18)11-19-4-8-22-9-5-19;3-1(4)2(5)6/h15-16H,1-14H2;(H,3,4)(H,5,6). The van der Waals surface area contributed by atoms with Crippen LogP contribution in [0, 0.1) is 5.92 Å². The maximum Gasteiger partial charge on any atom is 0.414 e. The summed E-state index contributed by atoms with van der Waals surface area (Å²) in [6, 6.07) is 0. The van der Waals surface area contributed by atoms with Crippen LogP contribution in [0.1, 0.15) is 19.3 Å². The van der Waals surface area contributed by atoms with Crippen LogP contribution in [0.15, 0.2) is 0 Å². The molecule has 0 aromatic rings. The molecule has 0 radical (unpaired) electrons. The summed E-state index contributed by atoms with van der Waals surface area (Å²) in [5, 5.41) is 14.8. The zero-order chi connectivity index (χ0) is 22.3. The van der Waals surface area contributed by atoms with Crippen LogP contribution in [0.3, 0.4) is 0 Å². The molecule has 1 amide bonds. The first-order chi connectivity index (χ1) is 14.9. The van der Waals surface area contributed by atoms with Crippen LogP contribution in [0.25, 0.3) is 0 Å². The Morgan fingerprint density at radius 2 is 1.61 bits per heavy atom. The van der Waals surface area contributed by atoms with Crippen molar-refractivity contribution >= 4 is 17.8 Å². The molecule has 4 rings (SSSR count). The van der Waals surface area contributed by atoms with Crippen LogP contribution in [-0.4, -0.2) is 122 Å². The lowest BCUT2D eigenvalue weighted by atomic mass is 9.99. The summed E-state index contributed by atoms with van der Waals surface area (Å²) in [7, 11) is 0. The smallest absolute Gasteiger partial charge is 0.414 e. The van der Waals surface area contributed by atoms with E-state index in [-0.39, 0.29) is 23.5 Å². The molecule has 3 unspecified atom stereocenters. The third kappa shape index (κ3) is 6.84. The van der Waals surface area contributed by atoms with E-state index in [4.69, 9.17) is 38.7 Å². The molecule has 4 aliphatic rings. The molecule has 11 heteroatoms. The zero-order valence-corrected chi connectivity index (χ0v) is 17.7. The van der Waals surface area contributed by atoms with E-state index in [0.717, 1.165) is 52.1 Å². The lowest BCUT2D eigenvalue weighted by Gasteiger charge is -2.34. The van der Waals surface area contributed by atoms with E-state index in [2.05, 4.69) is 4.90 Å². The lowest BCUT2D eigenvalue weighted by molar-refractivity contribution is -0.159. The maximum absolute atomic E-state index is 12.8. The van der Waals surface area contributed by atoms with Gasteiger partial charge in [-0.3, -0.25) is 9.69 Å². The number of ether oxygens (including phenoxy) is 4. The Labute approximate surface area is 181 Å². The molecule has 31 heavy (non-hydrogen) atoms. The Bertz CT molecular complexity index is 622. The minimum absolute atomic E-state index is 0.0145. The Kier molecular flexibility index (Phi) is 8.61. The van der Waals surface area contributed by atoms with E-state index in [9.17, 15) is 4.79 Å². The maximum atomic E-state index is 12.8. The van der Waals surface area contributed by atoms with Crippen molar-refractivity contribution in [2.45, 2.75) is 31.0 Å². The molecule has 3 atom stereocenters. The Hall–Kier alpha value is -1.79. The van der Waals surface area contributed by atoms with E-state index >= 15 is 0 Å². The molecule has 4 fully saturated rings. The summed E-state index contributed by atoms with van der Waals surface area (Å²) >= 11 is 0. The Balaban J connectivity index is 0.000000401. The molecule has 176 valence electrons. The molecule has 11 nitrogen and oxygen atoms in total. The lowest BCUT2D eigenvalue weighted by Crippen LogP contribution is -2.49. The summed E-state index contributed by atoms with van der Waals surface area (Å²) in [5.74, 6) is -3.42. The van der Waals surface area contributed by atoms with Gasteiger partial charge in [0.05, 0.1) is 51.6 Å². The normalized spacial score (nSPS) is 31.7. The number of hydrogen-bond donors (Lipinski definition) is 2. The highest BCUT2D eigenvalue weighted by Gasteiger charge is 2.45. The molecule has 0 aromatic carbocycles. The number of rotatable bonds is 3. The number of carboxylic acid groups (broad SMARTS) is 2. The summed E-state index contributed by atoms with van der Waals surface area (Å²) in [6.07, 6.45) is 3.07. The summed E-state index contributed by atoms with van der Waals surface area (Å²) in [4.78, 5) is 35.4. The predicted octanol–water partition coefficient (Wildman–Crippen LogP) is -0.713. The molecular weight excluding hydrogens is 412 g/mol. The number of nitrogens with zero attached hydrogens (tertiary/aromatic N) is 2. The van der Waals surface area contributed by atoms with Gasteiger partial charge in [-0.05, 0) is 19.3 Å². The van der Waals surface area contributed by atoms with Crippen molar-refractivity contribution in [2.24, 2.45) is 5.92 Å². The Morgan fingerprint density at radius 1 is 0.903 bits per heavy atom. The van der Waals surface area contributed by atoms with Crippen LogP contribution in [0.4, 0.5) is 0 Å². The minimum atomic E-state index is -1.82. The number of amides is 1. The Morgan fingerprint density at radius 3 is 2.26 bits per heavy atom. The third-order valence-electron chi connectivity index (χ3n) is 6.03. The van der Waals surface area contributed by atoms with Gasteiger partial charge in [0.1, 0.15) is 5.60 Å². The summed E-state index contributed by atoms with van der Waals surface area (Å²) < 4.78 is 23.1. The second kappa shape index (κ2) is 11.2. The fourth-order valence-corrected chi connectivity index (χ4v) is 4.40. The molecule has 0 bridgehead atoms. The van der Waals surface area contributed by atoms with Crippen molar-refractivity contribution in [3.8, 4) is 0 Å². The van der Waals surface area contributed by atoms with Gasteiger partial charge in [-0.1, -0.05) is 0 Å². The molecule has 4 aliphatic heterocycles. The van der Waals surface area contributed by atoms with Gasteiger partial charge < -0.3 is 34.1 Å². The first-order valence-electron chi connectivity index (χ1n) is 10.8. The van der Waals surface area contributed by atoms with Crippen molar-refractivity contribution < 1.29 is 43.5 Å². The number of aliphatic carboxylic acids is 2. The quantitative estimate of drug-likeness (QED) is 0.537. The first kappa shape index (κ1) is 23.9. The average molecular weight is 444 g/mol. The second-order valence-electron chi connectivity index (χ2n) is 8.36. The predicted molar refractivity (Wildman–Crippen MR) is 106 cm³/mol. The zero-order valence-electron chi connectivity index (χ0n) is 17.7. The van der Waals surface area contributed by atoms with Gasteiger partial charge in [0.15, 0.2) is 0 Å². The van der Waals surface area contributed by atoms with Crippen LogP contribution < -0.4 is 0 Å². The highest BCUT2D eigenvalue weighted by Crippen LogP contribution is 2.34. The molecule has 4 heterocycles. The average Bonchev–Trinajstić information content (AvgIpc) is 3.37. The van der Waals surface area contributed by atoms with Crippen LogP contribution >= 0.6 is 0 Å². The van der Waals surface area contributed by atoms with Crippen molar-refractivity contribution in [2.75, 3.05) is 72.4 Å². The van der Waals surface area contributed by atoms with E-state index in [1.807, 2.05) is 4.90 Å². The van der Waals surface area contributed by atoms with Crippen LogP contribution in [0.5, 0.6) is 0 Å². The molecular formula is C20H32N2O9. The van der Waals surface area contributed by atoms with Crippen molar-refractivity contribution in [3.63, 3.8) is 0 Å². The third-order valence-corrected chi connectivity index (χ3v) is 6.03. The van der Waals surface area contributed by atoms with Gasteiger partial charge in [0.25, 0.3) is 0 Å². The van der Waals surface area contributed by atoms with Gasteiger partial charge in [-0.2, -0.15) is 0 Å². The first-order valence-corrected chi connectivity index (χ1v) is 10.8. The van der Waals surface area contributed by atoms with Crippen molar-refractivity contribution in [1.82, 2.24) is 9.80 Å². The number of carbonyl (C=O) groups excluding carboxylic acids is 1. The van der Waals surface area contributed by atoms with E-state index in [0.29, 0.717) is 39.5 Å². The second-order valence-corrected chi connectivity index (χ2v) is 8.36. The monoisotopic (exact) mass is 444 g/mol. The number of morpholine rings is 1. The fourth-order valence-electron chi connectivity index (χ4n) is 4.40. The van der Waals surface area contributed by atoms with Gasteiger partial charge in [0.2, 0.25) is 5.91 Å². The fraction of sp³-hybridized carbons (Fsp3) is 0.850. The van der Waals surface area contributed by atoms with E-state index in [1.54, 1.807) is 0 Å². The highest BCUT2D eigenvalue weighted by atomic mass is 16.6. The number of carboxylic acids is 2. The van der Waals surface area contributed by atoms with Crippen molar-refractivity contribution in [1.29, 1.82) is 0 Å². The SMILES string of the molecule is O=C(C1CCOC1)N1CCOCC2(CCC(CN3CCOCC3)O2)C1.O=C(O)C(=O)O. The van der Waals surface area contributed by atoms with E-state index < -0.39 is 11.9 Å². The molecule has 0 saturated carbocycles. The number of hydrogen-bond acceptors (Lipinski definition) is 8. The van der Waals surface area contributed by atoms with Gasteiger partial charge in [0, 0.05) is 32.8 Å². The molecule has 2 N–H and O–H groups in total. The molecule has 0 aliphatic carbocycles. The molecule has 1 spiro atoms. The highest BCUT2D eigenvalue weighted by molar-refractivity contribution is 6.27. The van der Waals surface area contributed by atoms with Crippen LogP contribution in [-0.2, 0) is 33.3 Å². The minimum Gasteiger partial charge on any atom is -0.473 e. The van der Waals surface area contributed by atoms with Crippen LogP contribution in [0.2, 0.25) is 0 Å². The molecule has 0 aromatic heterocycles. The number of carbonyl (C=O) groups is 3. The summed E-state index contributed by atoms with van der Waals surface area (Å²) in [5.41, 5.74) is -0.331. The largest absolute Gasteiger partial charge is 0.473 e. The van der Waals surface area contributed by atoms with Gasteiger partial charge >= 0.3 is 11.9 Å². The summed E-state index contributed by atoms with van der Waals surface area (Å²) in [6.45, 7) is 8.31. The van der Waals surface area contributed by atoms with Gasteiger partial charge in [-0.15, -0.1) is 0 Å². The topological polar surface area (TPSA) is 135 Å². The molecule has 4 saturated heterocycles. The van der Waals surface area contributed by atoms with E-state index in [1.165, 1.54) is 0 Å². The van der Waals surface area contributed by atoms with Gasteiger partial charge in [-0.25, -0.2) is 9.59 Å².